The van der Waals surface area contributed by atoms with Crippen molar-refractivity contribution < 1.29 is 9.18 Å². The number of ketones is 1. The van der Waals surface area contributed by atoms with Crippen molar-refractivity contribution in [2.24, 2.45) is 11.8 Å². The van der Waals surface area contributed by atoms with Crippen LogP contribution in [0.1, 0.15) is 62.2 Å². The van der Waals surface area contributed by atoms with E-state index in [2.05, 4.69) is 6.92 Å². The largest absolute Gasteiger partial charge is 0.294 e. The van der Waals surface area contributed by atoms with Crippen LogP contribution in [0, 0.1) is 17.7 Å². The fourth-order valence-corrected chi connectivity index (χ4v) is 3.09. The number of benzene rings is 1. The predicted molar refractivity (Wildman–Crippen MR) is 75.7 cm³/mol. The van der Waals surface area contributed by atoms with Gasteiger partial charge in [0.25, 0.3) is 0 Å². The zero-order valence-corrected chi connectivity index (χ0v) is 11.7. The summed E-state index contributed by atoms with van der Waals surface area (Å²) in [7, 11) is 0. The van der Waals surface area contributed by atoms with Crippen LogP contribution in [-0.4, -0.2) is 5.78 Å². The molecular formula is C17H23FO. The molecule has 0 bridgehead atoms. The molecule has 2 heteroatoms. The van der Waals surface area contributed by atoms with Crippen LogP contribution in [0.25, 0.3) is 0 Å². The zero-order valence-electron chi connectivity index (χ0n) is 11.7. The second-order valence-corrected chi connectivity index (χ2v) is 5.70. The van der Waals surface area contributed by atoms with Crippen molar-refractivity contribution in [2.45, 2.75) is 51.9 Å². The second kappa shape index (κ2) is 6.83. The summed E-state index contributed by atoms with van der Waals surface area (Å²) < 4.78 is 13.6. The highest BCUT2D eigenvalue weighted by Gasteiger charge is 2.27. The highest BCUT2D eigenvalue weighted by Crippen LogP contribution is 2.33. The maximum Gasteiger partial charge on any atom is 0.168 e. The van der Waals surface area contributed by atoms with Crippen LogP contribution in [0.15, 0.2) is 24.3 Å². The van der Waals surface area contributed by atoms with Crippen LogP contribution in [0.5, 0.6) is 0 Å². The molecule has 1 aliphatic carbocycles. The Hall–Kier alpha value is -1.18. The smallest absolute Gasteiger partial charge is 0.168 e. The quantitative estimate of drug-likeness (QED) is 0.682. The third-order valence-corrected chi connectivity index (χ3v) is 4.32. The zero-order chi connectivity index (χ0) is 13.7. The first-order valence-corrected chi connectivity index (χ1v) is 7.51. The molecule has 1 aliphatic rings. The topological polar surface area (TPSA) is 17.1 Å². The highest BCUT2D eigenvalue weighted by molar-refractivity contribution is 5.98. The molecule has 0 radical (unpaired) electrons. The summed E-state index contributed by atoms with van der Waals surface area (Å²) in [5, 5.41) is 0. The third kappa shape index (κ3) is 3.65. The summed E-state index contributed by atoms with van der Waals surface area (Å²) in [6, 6.07) is 6.36. The van der Waals surface area contributed by atoms with Crippen molar-refractivity contribution in [3.05, 3.63) is 35.6 Å². The number of rotatable bonds is 5. The molecule has 2 rings (SSSR count). The van der Waals surface area contributed by atoms with Crippen molar-refractivity contribution in [1.29, 1.82) is 0 Å². The summed E-state index contributed by atoms with van der Waals surface area (Å²) in [5.41, 5.74) is 0.277. The van der Waals surface area contributed by atoms with E-state index in [1.165, 1.54) is 25.3 Å². The average Bonchev–Trinajstić information content (AvgIpc) is 2.45. The minimum Gasteiger partial charge on any atom is -0.294 e. The molecule has 1 nitrogen and oxygen atoms in total. The number of hydrogen-bond acceptors (Lipinski definition) is 1. The maximum absolute atomic E-state index is 13.6. The first-order chi connectivity index (χ1) is 9.22. The molecule has 1 aromatic rings. The molecule has 0 spiro atoms. The van der Waals surface area contributed by atoms with Crippen molar-refractivity contribution in [3.8, 4) is 0 Å². The Bertz CT molecular complexity index is 419. The lowest BCUT2D eigenvalue weighted by Crippen LogP contribution is -2.22. The van der Waals surface area contributed by atoms with Crippen LogP contribution in [0.2, 0.25) is 0 Å². The fourth-order valence-electron chi connectivity index (χ4n) is 3.09. The van der Waals surface area contributed by atoms with Gasteiger partial charge in [-0.05, 0) is 43.7 Å². The molecule has 1 fully saturated rings. The SMILES string of the molecule is CCCCC1CCC(C(=O)c2ccccc2F)CC1. The van der Waals surface area contributed by atoms with Crippen molar-refractivity contribution >= 4 is 5.78 Å². The minimum atomic E-state index is -0.374. The second-order valence-electron chi connectivity index (χ2n) is 5.70. The Morgan fingerprint density at radius 1 is 1.21 bits per heavy atom. The molecule has 0 saturated heterocycles. The van der Waals surface area contributed by atoms with Crippen LogP contribution in [0.4, 0.5) is 4.39 Å². The van der Waals surface area contributed by atoms with E-state index < -0.39 is 0 Å². The van der Waals surface area contributed by atoms with Gasteiger partial charge in [0, 0.05) is 5.92 Å². The molecular weight excluding hydrogens is 239 g/mol. The number of carbonyl (C=O) groups excluding carboxylic acids is 1. The van der Waals surface area contributed by atoms with Crippen LogP contribution >= 0.6 is 0 Å². The van der Waals surface area contributed by atoms with Crippen molar-refractivity contribution in [3.63, 3.8) is 0 Å². The Kier molecular flexibility index (Phi) is 5.12. The lowest BCUT2D eigenvalue weighted by molar-refractivity contribution is 0.0865. The lowest BCUT2D eigenvalue weighted by Gasteiger charge is -2.27. The number of unbranched alkanes of at least 4 members (excludes halogenated alkanes) is 1. The molecule has 0 amide bonds. The van der Waals surface area contributed by atoms with E-state index in [9.17, 15) is 9.18 Å². The van der Waals surface area contributed by atoms with Gasteiger partial charge in [-0.3, -0.25) is 4.79 Å². The highest BCUT2D eigenvalue weighted by atomic mass is 19.1. The Balaban J connectivity index is 1.91. The standard InChI is InChI=1S/C17H23FO/c1-2-3-6-13-9-11-14(12-10-13)17(19)15-7-4-5-8-16(15)18/h4-5,7-8,13-14H,2-3,6,9-12H2,1H3. The summed E-state index contributed by atoms with van der Waals surface area (Å²) in [4.78, 5) is 12.3. The van der Waals surface area contributed by atoms with Gasteiger partial charge < -0.3 is 0 Å². The molecule has 0 aromatic heterocycles. The van der Waals surface area contributed by atoms with Gasteiger partial charge in [-0.15, -0.1) is 0 Å². The van der Waals surface area contributed by atoms with Gasteiger partial charge in [0.15, 0.2) is 5.78 Å². The van der Waals surface area contributed by atoms with E-state index in [-0.39, 0.29) is 23.1 Å². The first-order valence-electron chi connectivity index (χ1n) is 7.51. The van der Waals surface area contributed by atoms with E-state index >= 15 is 0 Å². The van der Waals surface area contributed by atoms with Gasteiger partial charge in [0.2, 0.25) is 0 Å². The van der Waals surface area contributed by atoms with Gasteiger partial charge in [-0.2, -0.15) is 0 Å². The summed E-state index contributed by atoms with van der Waals surface area (Å²) in [6.07, 6.45) is 7.95. The van der Waals surface area contributed by atoms with Crippen LogP contribution in [-0.2, 0) is 0 Å². The van der Waals surface area contributed by atoms with Crippen molar-refractivity contribution in [2.75, 3.05) is 0 Å². The third-order valence-electron chi connectivity index (χ3n) is 4.32. The molecule has 0 aliphatic heterocycles. The first kappa shape index (κ1) is 14.2. The monoisotopic (exact) mass is 262 g/mol. The molecule has 1 aromatic carbocycles. The maximum atomic E-state index is 13.6. The van der Waals surface area contributed by atoms with Crippen LogP contribution < -0.4 is 0 Å². The van der Waals surface area contributed by atoms with E-state index in [1.807, 2.05) is 0 Å². The van der Waals surface area contributed by atoms with Crippen LogP contribution in [0.3, 0.4) is 0 Å². The Morgan fingerprint density at radius 3 is 2.53 bits per heavy atom. The number of halogens is 1. The molecule has 104 valence electrons. The number of Topliss-reactive ketones (excluding diaryl/α,β-unsaturated/α-hetero) is 1. The molecule has 0 atom stereocenters. The Labute approximate surface area is 115 Å². The molecule has 0 N–H and O–H groups in total. The molecule has 0 heterocycles. The van der Waals surface area contributed by atoms with E-state index in [0.717, 1.165) is 31.6 Å². The summed E-state index contributed by atoms with van der Waals surface area (Å²) >= 11 is 0. The molecule has 19 heavy (non-hydrogen) atoms. The van der Waals surface area contributed by atoms with E-state index in [4.69, 9.17) is 0 Å². The van der Waals surface area contributed by atoms with Crippen molar-refractivity contribution in [1.82, 2.24) is 0 Å². The van der Waals surface area contributed by atoms with E-state index in [1.54, 1.807) is 18.2 Å². The fraction of sp³-hybridized carbons (Fsp3) is 0.588. The van der Waals surface area contributed by atoms with Gasteiger partial charge in [0.1, 0.15) is 5.82 Å². The number of hydrogen-bond donors (Lipinski definition) is 0. The summed E-state index contributed by atoms with van der Waals surface area (Å²) in [5.74, 6) is 0.451. The number of carbonyl (C=O) groups is 1. The lowest BCUT2D eigenvalue weighted by atomic mass is 9.77. The normalized spacial score (nSPS) is 23.3. The Morgan fingerprint density at radius 2 is 1.89 bits per heavy atom. The molecule has 0 unspecified atom stereocenters. The predicted octanol–water partition coefficient (Wildman–Crippen LogP) is 5.01. The van der Waals surface area contributed by atoms with Gasteiger partial charge in [-0.1, -0.05) is 38.3 Å². The summed E-state index contributed by atoms with van der Waals surface area (Å²) in [6.45, 7) is 2.22. The van der Waals surface area contributed by atoms with E-state index in [0.29, 0.717) is 0 Å². The van der Waals surface area contributed by atoms with Gasteiger partial charge in [-0.25, -0.2) is 4.39 Å². The van der Waals surface area contributed by atoms with Gasteiger partial charge in [0.05, 0.1) is 5.56 Å². The minimum absolute atomic E-state index is 0.00652. The average molecular weight is 262 g/mol. The molecule has 1 saturated carbocycles. The van der Waals surface area contributed by atoms with Gasteiger partial charge >= 0.3 is 0 Å².